The van der Waals surface area contributed by atoms with Crippen LogP contribution in [-0.4, -0.2) is 56.4 Å². The Morgan fingerprint density at radius 2 is 2.30 bits per heavy atom. The molecular weight excluding hydrogens is 460 g/mol. The van der Waals surface area contributed by atoms with E-state index in [-0.39, 0.29) is 35.8 Å². The molecule has 1 aliphatic heterocycles. The van der Waals surface area contributed by atoms with Gasteiger partial charge in [0.15, 0.2) is 17.6 Å². The van der Waals surface area contributed by atoms with Gasteiger partial charge in [-0.05, 0) is 37.8 Å². The standard InChI is InChI=1S/C19H32FN5O.HI/c1-4-21-19(23-10-6-12-26-14-15(2)3)24-16-8-11-25(13-16)18-17(20)7-5-9-22-18;/h5,7,9,15-16H,4,6,8,10-14H2,1-3H3,(H2,21,23,24);1H. The van der Waals surface area contributed by atoms with Crippen LogP contribution in [0.2, 0.25) is 0 Å². The maximum atomic E-state index is 13.9. The second-order valence-corrected chi connectivity index (χ2v) is 6.97. The zero-order valence-electron chi connectivity index (χ0n) is 16.6. The molecule has 0 saturated carbocycles. The van der Waals surface area contributed by atoms with Crippen LogP contribution in [0.4, 0.5) is 10.2 Å². The number of halogens is 2. The summed E-state index contributed by atoms with van der Waals surface area (Å²) in [6.45, 7) is 10.9. The molecule has 1 aliphatic rings. The van der Waals surface area contributed by atoms with Crippen LogP contribution in [0.15, 0.2) is 23.3 Å². The predicted molar refractivity (Wildman–Crippen MR) is 120 cm³/mol. The van der Waals surface area contributed by atoms with Gasteiger partial charge in [0.2, 0.25) is 0 Å². The Hall–Kier alpha value is -1.16. The molecule has 0 amide bonds. The maximum absolute atomic E-state index is 13.9. The molecule has 1 fully saturated rings. The molecular formula is C19H33FIN5O. The average molecular weight is 493 g/mol. The van der Waals surface area contributed by atoms with Gasteiger partial charge in [0, 0.05) is 51.6 Å². The van der Waals surface area contributed by atoms with Crippen molar-refractivity contribution in [1.29, 1.82) is 0 Å². The quantitative estimate of drug-likeness (QED) is 0.240. The molecule has 1 saturated heterocycles. The fraction of sp³-hybridized carbons (Fsp3) is 0.684. The van der Waals surface area contributed by atoms with Gasteiger partial charge < -0.3 is 20.3 Å². The molecule has 0 spiro atoms. The van der Waals surface area contributed by atoms with Crippen LogP contribution >= 0.6 is 24.0 Å². The summed E-state index contributed by atoms with van der Waals surface area (Å²) < 4.78 is 19.5. The smallest absolute Gasteiger partial charge is 0.191 e. The number of anilines is 1. The zero-order chi connectivity index (χ0) is 18.8. The van der Waals surface area contributed by atoms with Gasteiger partial charge >= 0.3 is 0 Å². The van der Waals surface area contributed by atoms with Crippen LogP contribution in [0.25, 0.3) is 0 Å². The number of guanidine groups is 1. The summed E-state index contributed by atoms with van der Waals surface area (Å²) in [6, 6.07) is 3.30. The number of hydrogen-bond acceptors (Lipinski definition) is 4. The number of hydrogen-bond donors (Lipinski definition) is 2. The van der Waals surface area contributed by atoms with E-state index in [0.29, 0.717) is 11.7 Å². The molecule has 1 aromatic heterocycles. The SMILES string of the molecule is CCNC(=NCCCOCC(C)C)NC1CCN(c2ncccc2F)C1.I. The van der Waals surface area contributed by atoms with Crippen LogP contribution < -0.4 is 15.5 Å². The highest BCUT2D eigenvalue weighted by Crippen LogP contribution is 2.20. The van der Waals surface area contributed by atoms with Crippen molar-refractivity contribution in [1.82, 2.24) is 15.6 Å². The lowest BCUT2D eigenvalue weighted by atomic mass is 10.2. The highest BCUT2D eigenvalue weighted by atomic mass is 127. The number of rotatable bonds is 9. The topological polar surface area (TPSA) is 61.8 Å². The van der Waals surface area contributed by atoms with Gasteiger partial charge in [-0.2, -0.15) is 0 Å². The number of nitrogens with one attached hydrogen (secondary N) is 2. The Labute approximate surface area is 179 Å². The van der Waals surface area contributed by atoms with Crippen molar-refractivity contribution in [3.8, 4) is 0 Å². The fourth-order valence-electron chi connectivity index (χ4n) is 2.87. The first-order chi connectivity index (χ1) is 12.6. The van der Waals surface area contributed by atoms with Gasteiger partial charge in [-0.15, -0.1) is 24.0 Å². The Morgan fingerprint density at radius 3 is 3.00 bits per heavy atom. The highest BCUT2D eigenvalue weighted by molar-refractivity contribution is 14.0. The molecule has 27 heavy (non-hydrogen) atoms. The normalized spacial score (nSPS) is 17.1. The molecule has 6 nitrogen and oxygen atoms in total. The summed E-state index contributed by atoms with van der Waals surface area (Å²) >= 11 is 0. The van der Waals surface area contributed by atoms with Gasteiger partial charge in [0.05, 0.1) is 0 Å². The van der Waals surface area contributed by atoms with E-state index >= 15 is 0 Å². The van der Waals surface area contributed by atoms with Crippen LogP contribution in [0.3, 0.4) is 0 Å². The Kier molecular flexibility index (Phi) is 11.6. The van der Waals surface area contributed by atoms with Crippen molar-refractivity contribution in [2.75, 3.05) is 44.3 Å². The van der Waals surface area contributed by atoms with E-state index in [1.807, 2.05) is 11.8 Å². The first kappa shape index (κ1) is 23.9. The first-order valence-corrected chi connectivity index (χ1v) is 9.58. The van der Waals surface area contributed by atoms with Crippen molar-refractivity contribution < 1.29 is 9.13 Å². The fourth-order valence-corrected chi connectivity index (χ4v) is 2.87. The molecule has 2 heterocycles. The molecule has 2 N–H and O–H groups in total. The van der Waals surface area contributed by atoms with E-state index in [2.05, 4.69) is 34.5 Å². The average Bonchev–Trinajstić information content (AvgIpc) is 3.06. The third-order valence-electron chi connectivity index (χ3n) is 4.08. The number of aromatic nitrogens is 1. The summed E-state index contributed by atoms with van der Waals surface area (Å²) in [5.74, 6) is 1.53. The van der Waals surface area contributed by atoms with Gasteiger partial charge in [-0.1, -0.05) is 13.8 Å². The molecule has 1 atom stereocenters. The molecule has 0 radical (unpaired) electrons. The zero-order valence-corrected chi connectivity index (χ0v) is 18.9. The highest BCUT2D eigenvalue weighted by Gasteiger charge is 2.25. The molecule has 1 aromatic rings. The summed E-state index contributed by atoms with van der Waals surface area (Å²) in [4.78, 5) is 10.8. The van der Waals surface area contributed by atoms with Gasteiger partial charge in [-0.3, -0.25) is 4.99 Å². The molecule has 0 aromatic carbocycles. The Balaban J connectivity index is 0.00000364. The third-order valence-corrected chi connectivity index (χ3v) is 4.08. The summed E-state index contributed by atoms with van der Waals surface area (Å²) in [5.41, 5.74) is 0. The van der Waals surface area contributed by atoms with Gasteiger partial charge in [0.1, 0.15) is 0 Å². The first-order valence-electron chi connectivity index (χ1n) is 9.58. The van der Waals surface area contributed by atoms with Crippen molar-refractivity contribution in [3.05, 3.63) is 24.1 Å². The van der Waals surface area contributed by atoms with Crippen LogP contribution in [0.1, 0.15) is 33.6 Å². The molecule has 0 aliphatic carbocycles. The monoisotopic (exact) mass is 493 g/mol. The van der Waals surface area contributed by atoms with Gasteiger partial charge in [0.25, 0.3) is 0 Å². The number of ether oxygens (including phenoxy) is 1. The van der Waals surface area contributed by atoms with Crippen LogP contribution in [0.5, 0.6) is 0 Å². The van der Waals surface area contributed by atoms with Crippen LogP contribution in [-0.2, 0) is 4.74 Å². The molecule has 8 heteroatoms. The summed E-state index contributed by atoms with van der Waals surface area (Å²) in [5, 5.41) is 6.73. The van der Waals surface area contributed by atoms with Crippen molar-refractivity contribution in [3.63, 3.8) is 0 Å². The minimum atomic E-state index is -0.268. The van der Waals surface area contributed by atoms with E-state index in [4.69, 9.17) is 4.74 Å². The number of nitrogens with zero attached hydrogens (tertiary/aromatic N) is 3. The van der Waals surface area contributed by atoms with E-state index in [1.165, 1.54) is 6.07 Å². The van der Waals surface area contributed by atoms with Crippen molar-refractivity contribution in [2.45, 2.75) is 39.7 Å². The van der Waals surface area contributed by atoms with Crippen molar-refractivity contribution >= 4 is 35.8 Å². The summed E-state index contributed by atoms with van der Waals surface area (Å²) in [6.07, 6.45) is 3.46. The second kappa shape index (κ2) is 13.1. The minimum absolute atomic E-state index is 0. The third kappa shape index (κ3) is 8.59. The minimum Gasteiger partial charge on any atom is -0.381 e. The Morgan fingerprint density at radius 1 is 1.48 bits per heavy atom. The van der Waals surface area contributed by atoms with Crippen LogP contribution in [0, 0.1) is 11.7 Å². The molecule has 1 unspecified atom stereocenters. The van der Waals surface area contributed by atoms with Crippen molar-refractivity contribution in [2.24, 2.45) is 10.9 Å². The molecule has 0 bridgehead atoms. The molecule has 154 valence electrons. The van der Waals surface area contributed by atoms with Gasteiger partial charge in [-0.25, -0.2) is 9.37 Å². The lowest BCUT2D eigenvalue weighted by Gasteiger charge is -2.20. The lowest BCUT2D eigenvalue weighted by molar-refractivity contribution is 0.109. The molecule has 2 rings (SSSR count). The maximum Gasteiger partial charge on any atom is 0.191 e. The van der Waals surface area contributed by atoms with E-state index in [1.54, 1.807) is 12.3 Å². The number of aliphatic imine (C=N–C) groups is 1. The Bertz CT molecular complexity index is 573. The van der Waals surface area contributed by atoms with E-state index in [0.717, 1.165) is 58.2 Å². The largest absolute Gasteiger partial charge is 0.381 e. The van der Waals surface area contributed by atoms with E-state index in [9.17, 15) is 4.39 Å². The predicted octanol–water partition coefficient (Wildman–Crippen LogP) is 3.04. The number of pyridine rings is 1. The summed E-state index contributed by atoms with van der Waals surface area (Å²) in [7, 11) is 0. The lowest BCUT2D eigenvalue weighted by Crippen LogP contribution is -2.44. The van der Waals surface area contributed by atoms with E-state index < -0.39 is 0 Å². The second-order valence-electron chi connectivity index (χ2n) is 6.97.